The number of carbonyl (C=O) groups excluding carboxylic acids is 1. The second-order valence-corrected chi connectivity index (χ2v) is 6.99. The SMILES string of the molecule is CCCCC/C(=N\NC(=O)COc1ccc(C)cc1Br)c1ccccc1. The van der Waals surface area contributed by atoms with Crippen LogP contribution in [0.15, 0.2) is 58.1 Å². The number of nitrogens with one attached hydrogen (secondary N) is 1. The lowest BCUT2D eigenvalue weighted by atomic mass is 10.0. The molecule has 0 radical (unpaired) electrons. The van der Waals surface area contributed by atoms with Gasteiger partial charge in [0.05, 0.1) is 10.2 Å². The average Bonchev–Trinajstić information content (AvgIpc) is 2.64. The maximum absolute atomic E-state index is 12.1. The third-order valence-electron chi connectivity index (χ3n) is 3.89. The second-order valence-electron chi connectivity index (χ2n) is 6.14. The van der Waals surface area contributed by atoms with E-state index in [4.69, 9.17) is 4.74 Å². The largest absolute Gasteiger partial charge is 0.483 e. The third kappa shape index (κ3) is 6.64. The number of hydrogen-bond acceptors (Lipinski definition) is 3. The van der Waals surface area contributed by atoms with Crippen LogP contribution in [0.25, 0.3) is 0 Å². The highest BCUT2D eigenvalue weighted by Crippen LogP contribution is 2.25. The fourth-order valence-corrected chi connectivity index (χ4v) is 3.07. The summed E-state index contributed by atoms with van der Waals surface area (Å²) in [6.45, 7) is 4.09. The molecule has 4 nitrogen and oxygen atoms in total. The molecule has 0 saturated carbocycles. The summed E-state index contributed by atoms with van der Waals surface area (Å²) in [5.41, 5.74) is 5.67. The van der Waals surface area contributed by atoms with Gasteiger partial charge in [0.2, 0.25) is 0 Å². The predicted molar refractivity (Wildman–Crippen MR) is 110 cm³/mol. The standard InChI is InChI=1S/C21H25BrN2O2/c1-3-4-6-11-19(17-9-7-5-8-10-17)23-24-21(25)15-26-20-13-12-16(2)14-18(20)22/h5,7-10,12-14H,3-4,6,11,15H2,1-2H3,(H,24,25)/b23-19+. The smallest absolute Gasteiger partial charge is 0.277 e. The zero-order valence-corrected chi connectivity index (χ0v) is 16.9. The Labute approximate surface area is 163 Å². The van der Waals surface area contributed by atoms with Crippen LogP contribution in [-0.4, -0.2) is 18.2 Å². The quantitative estimate of drug-likeness (QED) is 0.345. The Balaban J connectivity index is 1.95. The maximum Gasteiger partial charge on any atom is 0.277 e. The first kappa shape index (κ1) is 20.2. The lowest BCUT2D eigenvalue weighted by Crippen LogP contribution is -2.26. The van der Waals surface area contributed by atoms with Gasteiger partial charge in [0, 0.05) is 0 Å². The van der Waals surface area contributed by atoms with Crippen LogP contribution in [0.4, 0.5) is 0 Å². The molecule has 0 aliphatic rings. The minimum absolute atomic E-state index is 0.0812. The van der Waals surface area contributed by atoms with E-state index in [9.17, 15) is 4.79 Å². The van der Waals surface area contributed by atoms with Crippen molar-refractivity contribution < 1.29 is 9.53 Å². The van der Waals surface area contributed by atoms with E-state index < -0.39 is 0 Å². The summed E-state index contributed by atoms with van der Waals surface area (Å²) < 4.78 is 6.39. The highest BCUT2D eigenvalue weighted by Gasteiger charge is 2.07. The number of rotatable bonds is 9. The molecule has 5 heteroatoms. The van der Waals surface area contributed by atoms with Gasteiger partial charge in [-0.3, -0.25) is 4.79 Å². The molecule has 2 aromatic carbocycles. The molecule has 1 amide bonds. The lowest BCUT2D eigenvalue weighted by Gasteiger charge is -2.09. The number of unbranched alkanes of at least 4 members (excludes halogenated alkanes) is 2. The van der Waals surface area contributed by atoms with Crippen LogP contribution in [0.3, 0.4) is 0 Å². The van der Waals surface area contributed by atoms with E-state index in [0.29, 0.717) is 5.75 Å². The van der Waals surface area contributed by atoms with Crippen molar-refractivity contribution in [3.05, 3.63) is 64.1 Å². The van der Waals surface area contributed by atoms with Crippen LogP contribution in [0.2, 0.25) is 0 Å². The van der Waals surface area contributed by atoms with E-state index in [1.54, 1.807) is 0 Å². The van der Waals surface area contributed by atoms with Gasteiger partial charge in [-0.2, -0.15) is 5.10 Å². The van der Waals surface area contributed by atoms with Crippen molar-refractivity contribution in [1.82, 2.24) is 5.43 Å². The summed E-state index contributed by atoms with van der Waals surface area (Å²) in [7, 11) is 0. The Hall–Kier alpha value is -2.14. The number of hydrazone groups is 1. The van der Waals surface area contributed by atoms with Crippen molar-refractivity contribution in [3.8, 4) is 5.75 Å². The molecule has 0 heterocycles. The van der Waals surface area contributed by atoms with Gasteiger partial charge in [0.1, 0.15) is 5.75 Å². The van der Waals surface area contributed by atoms with Gasteiger partial charge in [-0.15, -0.1) is 0 Å². The summed E-state index contributed by atoms with van der Waals surface area (Å²) in [6.07, 6.45) is 4.17. The number of carbonyl (C=O) groups is 1. The van der Waals surface area contributed by atoms with Crippen LogP contribution in [0.5, 0.6) is 5.75 Å². The van der Waals surface area contributed by atoms with E-state index in [2.05, 4.69) is 33.4 Å². The molecule has 138 valence electrons. The summed E-state index contributed by atoms with van der Waals surface area (Å²) in [4.78, 5) is 12.1. The molecule has 0 fully saturated rings. The summed E-state index contributed by atoms with van der Waals surface area (Å²) in [5, 5.41) is 4.34. The minimum atomic E-state index is -0.276. The van der Waals surface area contributed by atoms with Gasteiger partial charge < -0.3 is 4.74 Å². The molecule has 0 saturated heterocycles. The normalized spacial score (nSPS) is 11.3. The molecule has 26 heavy (non-hydrogen) atoms. The molecule has 0 spiro atoms. The molecule has 0 bridgehead atoms. The number of nitrogens with zero attached hydrogens (tertiary/aromatic N) is 1. The number of hydrogen-bond donors (Lipinski definition) is 1. The maximum atomic E-state index is 12.1. The molecule has 1 N–H and O–H groups in total. The van der Waals surface area contributed by atoms with Gasteiger partial charge >= 0.3 is 0 Å². The van der Waals surface area contributed by atoms with Crippen molar-refractivity contribution in [2.75, 3.05) is 6.61 Å². The van der Waals surface area contributed by atoms with E-state index >= 15 is 0 Å². The van der Waals surface area contributed by atoms with Gasteiger partial charge in [-0.1, -0.05) is 56.2 Å². The van der Waals surface area contributed by atoms with Crippen molar-refractivity contribution in [2.24, 2.45) is 5.10 Å². The van der Waals surface area contributed by atoms with E-state index in [1.165, 1.54) is 0 Å². The van der Waals surface area contributed by atoms with Crippen LogP contribution >= 0.6 is 15.9 Å². The van der Waals surface area contributed by atoms with Crippen LogP contribution in [0.1, 0.15) is 43.7 Å². The summed E-state index contributed by atoms with van der Waals surface area (Å²) in [5.74, 6) is 0.363. The molecule has 0 aliphatic heterocycles. The Bertz CT molecular complexity index is 745. The number of aryl methyl sites for hydroxylation is 1. The van der Waals surface area contributed by atoms with Crippen LogP contribution in [-0.2, 0) is 4.79 Å². The average molecular weight is 417 g/mol. The number of halogens is 1. The molecule has 2 rings (SSSR count). The molecular formula is C21H25BrN2O2. The van der Waals surface area contributed by atoms with Crippen molar-refractivity contribution in [3.63, 3.8) is 0 Å². The summed E-state index contributed by atoms with van der Waals surface area (Å²) >= 11 is 3.44. The highest BCUT2D eigenvalue weighted by atomic mass is 79.9. The van der Waals surface area contributed by atoms with Gasteiger partial charge in [-0.25, -0.2) is 5.43 Å². The zero-order chi connectivity index (χ0) is 18.8. The Morgan fingerprint density at radius 2 is 1.92 bits per heavy atom. The van der Waals surface area contributed by atoms with E-state index in [0.717, 1.165) is 47.0 Å². The first-order valence-corrected chi connectivity index (χ1v) is 9.69. The van der Waals surface area contributed by atoms with Crippen LogP contribution < -0.4 is 10.2 Å². The Morgan fingerprint density at radius 3 is 2.62 bits per heavy atom. The van der Waals surface area contributed by atoms with Gasteiger partial charge in [0.25, 0.3) is 5.91 Å². The topological polar surface area (TPSA) is 50.7 Å². The lowest BCUT2D eigenvalue weighted by molar-refractivity contribution is -0.123. The van der Waals surface area contributed by atoms with E-state index in [1.807, 2.05) is 55.5 Å². The predicted octanol–water partition coefficient (Wildman–Crippen LogP) is 5.24. The van der Waals surface area contributed by atoms with E-state index in [-0.39, 0.29) is 12.5 Å². The Kier molecular flexibility index (Phi) is 8.35. The van der Waals surface area contributed by atoms with Crippen molar-refractivity contribution in [1.29, 1.82) is 0 Å². The zero-order valence-electron chi connectivity index (χ0n) is 15.3. The number of benzene rings is 2. The number of amides is 1. The van der Waals surface area contributed by atoms with Crippen molar-refractivity contribution in [2.45, 2.75) is 39.5 Å². The van der Waals surface area contributed by atoms with Gasteiger partial charge in [-0.05, 0) is 59.0 Å². The third-order valence-corrected chi connectivity index (χ3v) is 4.51. The molecule has 2 aromatic rings. The van der Waals surface area contributed by atoms with Crippen LogP contribution in [0, 0.1) is 6.92 Å². The first-order chi connectivity index (χ1) is 12.6. The fourth-order valence-electron chi connectivity index (χ4n) is 2.47. The molecule has 0 unspecified atom stereocenters. The van der Waals surface area contributed by atoms with Gasteiger partial charge in [0.15, 0.2) is 6.61 Å². The molecule has 0 aliphatic carbocycles. The summed E-state index contributed by atoms with van der Waals surface area (Å²) in [6, 6.07) is 15.7. The monoisotopic (exact) mass is 416 g/mol. The molecule has 0 atom stereocenters. The van der Waals surface area contributed by atoms with Crippen molar-refractivity contribution >= 4 is 27.5 Å². The highest BCUT2D eigenvalue weighted by molar-refractivity contribution is 9.10. The molecule has 0 aromatic heterocycles. The fraction of sp³-hybridized carbons (Fsp3) is 0.333. The first-order valence-electron chi connectivity index (χ1n) is 8.90. The minimum Gasteiger partial charge on any atom is -0.483 e. The number of ether oxygens (including phenoxy) is 1. The Morgan fingerprint density at radius 1 is 1.15 bits per heavy atom. The second kappa shape index (κ2) is 10.8. The molecular weight excluding hydrogens is 392 g/mol.